The van der Waals surface area contributed by atoms with E-state index in [9.17, 15) is 14.4 Å². The summed E-state index contributed by atoms with van der Waals surface area (Å²) < 4.78 is 1.86. The van der Waals surface area contributed by atoms with Crippen LogP contribution in [0.3, 0.4) is 0 Å². The molecule has 2 aliphatic rings. The molecule has 0 spiro atoms. The Bertz CT molecular complexity index is 727. The predicted octanol–water partition coefficient (Wildman–Crippen LogP) is 1.34. The molecular weight excluding hydrogens is 318 g/mol. The van der Waals surface area contributed by atoms with Gasteiger partial charge in [-0.1, -0.05) is 26.3 Å². The number of aromatic nitrogens is 1. The van der Waals surface area contributed by atoms with Crippen molar-refractivity contribution in [3.63, 3.8) is 0 Å². The van der Waals surface area contributed by atoms with Crippen LogP contribution >= 0.6 is 0 Å². The minimum Gasteiger partial charge on any atom is -0.344 e. The first-order chi connectivity index (χ1) is 11.9. The smallest absolute Gasteiger partial charge is 0.250 e. The van der Waals surface area contributed by atoms with Gasteiger partial charge in [-0.15, -0.1) is 0 Å². The summed E-state index contributed by atoms with van der Waals surface area (Å²) in [6, 6.07) is 4.92. The van der Waals surface area contributed by atoms with Crippen molar-refractivity contribution in [2.45, 2.75) is 52.1 Å². The van der Waals surface area contributed by atoms with Crippen LogP contribution in [0.25, 0.3) is 0 Å². The molecular formula is C19H27N3O3. The predicted molar refractivity (Wildman–Crippen MR) is 95.2 cm³/mol. The van der Waals surface area contributed by atoms with Gasteiger partial charge in [0, 0.05) is 44.2 Å². The fraction of sp³-hybridized carbons (Fsp3) is 0.632. The third-order valence-electron chi connectivity index (χ3n) is 5.63. The van der Waals surface area contributed by atoms with Gasteiger partial charge < -0.3 is 14.8 Å². The fourth-order valence-electron chi connectivity index (χ4n) is 4.18. The van der Waals surface area contributed by atoms with Crippen molar-refractivity contribution in [3.8, 4) is 0 Å². The van der Waals surface area contributed by atoms with Crippen LogP contribution in [0.15, 0.2) is 23.0 Å². The topological polar surface area (TPSA) is 71.4 Å². The average Bonchev–Trinajstić information content (AvgIpc) is 2.59. The second-order valence-corrected chi connectivity index (χ2v) is 7.51. The van der Waals surface area contributed by atoms with E-state index in [2.05, 4.69) is 5.32 Å². The Morgan fingerprint density at radius 2 is 2.04 bits per heavy atom. The first-order valence-electron chi connectivity index (χ1n) is 9.16. The van der Waals surface area contributed by atoms with Crippen LogP contribution in [0.1, 0.15) is 45.2 Å². The Morgan fingerprint density at radius 1 is 1.28 bits per heavy atom. The summed E-state index contributed by atoms with van der Waals surface area (Å²) >= 11 is 0. The number of pyridine rings is 1. The molecule has 0 saturated carbocycles. The molecule has 136 valence electrons. The minimum atomic E-state index is -0.473. The van der Waals surface area contributed by atoms with E-state index in [1.807, 2.05) is 29.4 Å². The van der Waals surface area contributed by atoms with Crippen LogP contribution in [0, 0.1) is 11.8 Å². The lowest BCUT2D eigenvalue weighted by Gasteiger charge is -2.44. The first kappa shape index (κ1) is 17.7. The molecule has 1 aromatic heterocycles. The molecule has 2 aliphatic heterocycles. The van der Waals surface area contributed by atoms with Gasteiger partial charge in [-0.05, 0) is 24.3 Å². The van der Waals surface area contributed by atoms with Gasteiger partial charge >= 0.3 is 0 Å². The lowest BCUT2D eigenvalue weighted by molar-refractivity contribution is -0.140. The number of likely N-dealkylation sites (tertiary alicyclic amines) is 1. The van der Waals surface area contributed by atoms with Gasteiger partial charge in [0.15, 0.2) is 0 Å². The summed E-state index contributed by atoms with van der Waals surface area (Å²) in [5, 5.41) is 2.84. The molecule has 1 saturated heterocycles. The number of piperidine rings is 1. The molecule has 0 aromatic carbocycles. The highest BCUT2D eigenvalue weighted by Crippen LogP contribution is 2.35. The monoisotopic (exact) mass is 345 g/mol. The zero-order valence-corrected chi connectivity index (χ0v) is 15.2. The highest BCUT2D eigenvalue weighted by atomic mass is 16.2. The average molecular weight is 345 g/mol. The maximum absolute atomic E-state index is 13.1. The number of carbonyl (C=O) groups is 2. The molecule has 3 heterocycles. The third-order valence-corrected chi connectivity index (χ3v) is 5.63. The van der Waals surface area contributed by atoms with Gasteiger partial charge in [0.25, 0.3) is 5.56 Å². The molecule has 4 atom stereocenters. The van der Waals surface area contributed by atoms with E-state index >= 15 is 0 Å². The van der Waals surface area contributed by atoms with Crippen molar-refractivity contribution in [2.24, 2.45) is 11.8 Å². The zero-order chi connectivity index (χ0) is 18.1. The van der Waals surface area contributed by atoms with Gasteiger partial charge in [0.1, 0.15) is 6.04 Å². The Balaban J connectivity index is 1.82. The minimum absolute atomic E-state index is 0.00554. The van der Waals surface area contributed by atoms with Crippen molar-refractivity contribution in [2.75, 3.05) is 13.1 Å². The standard InChI is InChI=1S/C19H27N3O3/c1-4-12(2)18(20-13(3)23)19(25)21-9-14-8-15(11-21)16-6-5-7-17(24)22(16)10-14/h5-7,12,14-15,18H,4,8-11H2,1-3H3,(H,20,23)/t12?,14-,15-,18-/m0/s1. The van der Waals surface area contributed by atoms with Gasteiger partial charge in [0.2, 0.25) is 11.8 Å². The van der Waals surface area contributed by atoms with Crippen LogP contribution in [-0.4, -0.2) is 40.4 Å². The highest BCUT2D eigenvalue weighted by molar-refractivity contribution is 5.87. The number of hydrogen-bond acceptors (Lipinski definition) is 3. The maximum Gasteiger partial charge on any atom is 0.250 e. The molecule has 25 heavy (non-hydrogen) atoms. The summed E-state index contributed by atoms with van der Waals surface area (Å²) in [7, 11) is 0. The molecule has 0 aliphatic carbocycles. The Kier molecular flexibility index (Phi) is 4.97. The number of rotatable bonds is 4. The van der Waals surface area contributed by atoms with E-state index in [0.29, 0.717) is 25.6 Å². The molecule has 0 radical (unpaired) electrons. The van der Waals surface area contributed by atoms with E-state index in [0.717, 1.165) is 18.5 Å². The molecule has 3 rings (SSSR count). The molecule has 6 heteroatoms. The number of nitrogens with zero attached hydrogens (tertiary/aromatic N) is 2. The molecule has 2 amide bonds. The Morgan fingerprint density at radius 3 is 2.72 bits per heavy atom. The lowest BCUT2D eigenvalue weighted by atomic mass is 9.82. The van der Waals surface area contributed by atoms with Crippen molar-refractivity contribution < 1.29 is 9.59 Å². The van der Waals surface area contributed by atoms with E-state index in [-0.39, 0.29) is 29.2 Å². The first-order valence-corrected chi connectivity index (χ1v) is 9.16. The van der Waals surface area contributed by atoms with Crippen molar-refractivity contribution >= 4 is 11.8 Å². The summed E-state index contributed by atoms with van der Waals surface area (Å²) in [6.45, 7) is 7.42. The van der Waals surface area contributed by atoms with E-state index in [4.69, 9.17) is 0 Å². The second-order valence-electron chi connectivity index (χ2n) is 7.51. The second kappa shape index (κ2) is 7.02. The summed E-state index contributed by atoms with van der Waals surface area (Å²) in [5.74, 6) is 0.414. The SMILES string of the molecule is CCC(C)[C@H](NC(C)=O)C(=O)N1C[C@@H]2C[C@@H](C1)c1cccc(=O)n1C2. The van der Waals surface area contributed by atoms with Crippen LogP contribution in [0.4, 0.5) is 0 Å². The van der Waals surface area contributed by atoms with Crippen molar-refractivity contribution in [1.82, 2.24) is 14.8 Å². The lowest BCUT2D eigenvalue weighted by Crippen LogP contribution is -2.56. The molecule has 1 unspecified atom stereocenters. The molecule has 2 bridgehead atoms. The number of amides is 2. The summed E-state index contributed by atoms with van der Waals surface area (Å²) in [6.07, 6.45) is 1.84. The fourth-order valence-corrected chi connectivity index (χ4v) is 4.18. The normalized spacial score (nSPS) is 24.2. The number of nitrogens with one attached hydrogen (secondary N) is 1. The summed E-state index contributed by atoms with van der Waals surface area (Å²) in [5.41, 5.74) is 1.07. The highest BCUT2D eigenvalue weighted by Gasteiger charge is 2.39. The van der Waals surface area contributed by atoms with Crippen molar-refractivity contribution in [1.29, 1.82) is 0 Å². The van der Waals surface area contributed by atoms with Gasteiger partial charge in [-0.3, -0.25) is 14.4 Å². The zero-order valence-electron chi connectivity index (χ0n) is 15.2. The van der Waals surface area contributed by atoms with Crippen LogP contribution in [0.2, 0.25) is 0 Å². The van der Waals surface area contributed by atoms with Crippen LogP contribution < -0.4 is 10.9 Å². The van der Waals surface area contributed by atoms with E-state index in [1.165, 1.54) is 6.92 Å². The Hall–Kier alpha value is -2.11. The van der Waals surface area contributed by atoms with Crippen LogP contribution in [0.5, 0.6) is 0 Å². The molecule has 1 N–H and O–H groups in total. The summed E-state index contributed by atoms with van der Waals surface area (Å²) in [4.78, 5) is 38.6. The number of carbonyl (C=O) groups excluding carboxylic acids is 2. The van der Waals surface area contributed by atoms with Gasteiger partial charge in [0.05, 0.1) is 0 Å². The van der Waals surface area contributed by atoms with Crippen molar-refractivity contribution in [3.05, 3.63) is 34.2 Å². The van der Waals surface area contributed by atoms with Crippen LogP contribution in [-0.2, 0) is 16.1 Å². The van der Waals surface area contributed by atoms with E-state index in [1.54, 1.807) is 12.1 Å². The third kappa shape index (κ3) is 3.48. The molecule has 1 fully saturated rings. The van der Waals surface area contributed by atoms with E-state index < -0.39 is 6.04 Å². The van der Waals surface area contributed by atoms with Gasteiger partial charge in [-0.25, -0.2) is 0 Å². The largest absolute Gasteiger partial charge is 0.344 e. The number of fused-ring (bicyclic) bond motifs is 4. The Labute approximate surface area is 148 Å². The molecule has 1 aromatic rings. The quantitative estimate of drug-likeness (QED) is 0.895. The van der Waals surface area contributed by atoms with Gasteiger partial charge in [-0.2, -0.15) is 0 Å². The molecule has 6 nitrogen and oxygen atoms in total. The number of hydrogen-bond donors (Lipinski definition) is 1. The maximum atomic E-state index is 13.1.